The molecule has 0 spiro atoms. The molecule has 8 nitrogen and oxygen atoms in total. The molecule has 144 valence electrons. The third-order valence-electron chi connectivity index (χ3n) is 3.25. The van der Waals surface area contributed by atoms with Gasteiger partial charge in [-0.15, -0.1) is 0 Å². The minimum Gasteiger partial charge on any atom is -0.495 e. The van der Waals surface area contributed by atoms with Gasteiger partial charge in [-0.3, -0.25) is 4.79 Å². The Kier molecular flexibility index (Phi) is 7.78. The van der Waals surface area contributed by atoms with E-state index in [2.05, 4.69) is 10.0 Å². The van der Waals surface area contributed by atoms with Crippen molar-refractivity contribution in [1.29, 1.82) is 0 Å². The van der Waals surface area contributed by atoms with Crippen LogP contribution in [0.25, 0.3) is 6.08 Å². The summed E-state index contributed by atoms with van der Waals surface area (Å²) >= 11 is 0. The van der Waals surface area contributed by atoms with E-state index in [1.807, 2.05) is 0 Å². The van der Waals surface area contributed by atoms with Crippen LogP contribution in [0.5, 0.6) is 5.75 Å². The van der Waals surface area contributed by atoms with E-state index in [4.69, 9.17) is 9.47 Å². The molecule has 0 saturated heterocycles. The molecule has 1 atom stereocenters. The van der Waals surface area contributed by atoms with Crippen molar-refractivity contribution < 1.29 is 27.5 Å². The summed E-state index contributed by atoms with van der Waals surface area (Å²) in [6.07, 6.45) is 1.57. The Bertz CT molecular complexity index is 786. The number of sulfonamides is 1. The monoisotopic (exact) mass is 384 g/mol. The second-order valence-electron chi connectivity index (χ2n) is 5.69. The first kappa shape index (κ1) is 21.7. The average molecular weight is 384 g/mol. The fourth-order valence-corrected chi connectivity index (χ4v) is 2.88. The molecule has 0 aliphatic heterocycles. The molecule has 1 aromatic rings. The average Bonchev–Trinajstić information content (AvgIpc) is 2.59. The van der Waals surface area contributed by atoms with E-state index >= 15 is 0 Å². The fraction of sp³-hybridized carbons (Fsp3) is 0.412. The van der Waals surface area contributed by atoms with Crippen LogP contribution in [0.2, 0.25) is 0 Å². The lowest BCUT2D eigenvalue weighted by Gasteiger charge is -2.14. The molecule has 1 aromatic carbocycles. The van der Waals surface area contributed by atoms with Gasteiger partial charge in [0.05, 0.1) is 7.11 Å². The van der Waals surface area contributed by atoms with E-state index in [1.165, 1.54) is 39.3 Å². The Morgan fingerprint density at radius 3 is 2.38 bits per heavy atom. The van der Waals surface area contributed by atoms with E-state index in [1.54, 1.807) is 19.9 Å². The summed E-state index contributed by atoms with van der Waals surface area (Å²) in [5, 5.41) is 2.64. The normalized spacial score (nSPS) is 12.8. The van der Waals surface area contributed by atoms with Crippen molar-refractivity contribution in [2.75, 3.05) is 14.2 Å². The number of ether oxygens (including phenoxy) is 2. The zero-order valence-corrected chi connectivity index (χ0v) is 16.2. The zero-order valence-electron chi connectivity index (χ0n) is 15.4. The van der Waals surface area contributed by atoms with Gasteiger partial charge in [0.15, 0.2) is 6.10 Å². The van der Waals surface area contributed by atoms with Crippen LogP contribution in [0.3, 0.4) is 0 Å². The van der Waals surface area contributed by atoms with E-state index < -0.39 is 28.0 Å². The molecular formula is C17H24N2O6S. The van der Waals surface area contributed by atoms with Crippen molar-refractivity contribution in [2.45, 2.75) is 37.8 Å². The molecule has 0 saturated carbocycles. The first-order chi connectivity index (χ1) is 12.1. The molecule has 0 radical (unpaired) electrons. The maximum absolute atomic E-state index is 12.0. The van der Waals surface area contributed by atoms with Crippen LogP contribution >= 0.6 is 0 Å². The lowest BCUT2D eigenvalue weighted by Crippen LogP contribution is -2.39. The topological polar surface area (TPSA) is 111 Å². The largest absolute Gasteiger partial charge is 0.495 e. The third kappa shape index (κ3) is 6.16. The highest BCUT2D eigenvalue weighted by Crippen LogP contribution is 2.25. The fourth-order valence-electron chi connectivity index (χ4n) is 1.95. The highest BCUT2D eigenvalue weighted by Gasteiger charge is 2.19. The van der Waals surface area contributed by atoms with Gasteiger partial charge in [-0.2, -0.15) is 0 Å². The number of hydrogen-bond donors (Lipinski definition) is 2. The van der Waals surface area contributed by atoms with Crippen molar-refractivity contribution in [1.82, 2.24) is 10.0 Å². The second kappa shape index (κ2) is 9.35. The van der Waals surface area contributed by atoms with Crippen molar-refractivity contribution in [3.05, 3.63) is 29.8 Å². The summed E-state index contributed by atoms with van der Waals surface area (Å²) < 4.78 is 36.3. The highest BCUT2D eigenvalue weighted by atomic mass is 32.2. The Labute approximate surface area is 153 Å². The minimum atomic E-state index is -3.72. The number of amides is 1. The molecule has 1 amide bonds. The molecule has 0 heterocycles. The summed E-state index contributed by atoms with van der Waals surface area (Å²) in [4.78, 5) is 23.5. The molecule has 0 bridgehead atoms. The van der Waals surface area contributed by atoms with E-state index in [-0.39, 0.29) is 16.7 Å². The summed E-state index contributed by atoms with van der Waals surface area (Å²) in [5.74, 6) is -0.933. The molecule has 26 heavy (non-hydrogen) atoms. The molecule has 1 rings (SSSR count). The van der Waals surface area contributed by atoms with Crippen LogP contribution in [0, 0.1) is 0 Å². The Hall–Kier alpha value is -2.39. The molecule has 0 unspecified atom stereocenters. The summed E-state index contributed by atoms with van der Waals surface area (Å²) in [5.41, 5.74) is 0.455. The Morgan fingerprint density at radius 2 is 1.85 bits per heavy atom. The lowest BCUT2D eigenvalue weighted by atomic mass is 10.2. The summed E-state index contributed by atoms with van der Waals surface area (Å²) in [6, 6.07) is 4.37. The van der Waals surface area contributed by atoms with Crippen LogP contribution < -0.4 is 14.8 Å². The number of methoxy groups -OCH3 is 1. The van der Waals surface area contributed by atoms with Crippen LogP contribution in [-0.2, 0) is 24.3 Å². The van der Waals surface area contributed by atoms with Crippen molar-refractivity contribution in [3.63, 3.8) is 0 Å². The maximum atomic E-state index is 12.0. The highest BCUT2D eigenvalue weighted by molar-refractivity contribution is 7.89. The number of nitrogens with one attached hydrogen (secondary N) is 2. The maximum Gasteiger partial charge on any atom is 0.331 e. The van der Waals surface area contributed by atoms with Gasteiger partial charge in [0.25, 0.3) is 5.91 Å². The Morgan fingerprint density at radius 1 is 1.19 bits per heavy atom. The molecule has 0 fully saturated rings. The van der Waals surface area contributed by atoms with E-state index in [9.17, 15) is 18.0 Å². The third-order valence-corrected chi connectivity index (χ3v) is 4.69. The van der Waals surface area contributed by atoms with Gasteiger partial charge in [-0.05, 0) is 51.6 Å². The van der Waals surface area contributed by atoms with Gasteiger partial charge in [-0.25, -0.2) is 17.9 Å². The van der Waals surface area contributed by atoms with Gasteiger partial charge in [0.1, 0.15) is 10.6 Å². The second-order valence-corrected chi connectivity index (χ2v) is 7.55. The molecule has 0 aromatic heterocycles. The number of benzene rings is 1. The van der Waals surface area contributed by atoms with Crippen molar-refractivity contribution >= 4 is 28.0 Å². The number of esters is 1. The quantitative estimate of drug-likeness (QED) is 0.512. The number of carbonyl (C=O) groups excluding carboxylic acids is 2. The molecule has 0 aliphatic carbocycles. The molecule has 2 N–H and O–H groups in total. The van der Waals surface area contributed by atoms with E-state index in [0.717, 1.165) is 6.08 Å². The standard InChI is InChI=1S/C17H24N2O6S/c1-11(2)19-17(21)12(3)25-16(20)9-7-13-6-8-14(24-5)15(10-13)26(22,23)18-4/h6-12,18H,1-5H3,(H,19,21)/b9-7+/t12-/m1/s1. The van der Waals surface area contributed by atoms with Crippen LogP contribution in [0.4, 0.5) is 0 Å². The summed E-state index contributed by atoms with van der Waals surface area (Å²) in [7, 11) is -1.07. The van der Waals surface area contributed by atoms with Gasteiger partial charge in [0.2, 0.25) is 10.0 Å². The SMILES string of the molecule is CNS(=O)(=O)c1cc(/C=C/C(=O)O[C@H](C)C(=O)NC(C)C)ccc1OC. The van der Waals surface area contributed by atoms with Crippen LogP contribution in [0.15, 0.2) is 29.2 Å². The first-order valence-electron chi connectivity index (χ1n) is 7.91. The molecular weight excluding hydrogens is 360 g/mol. The zero-order chi connectivity index (χ0) is 19.9. The molecule has 9 heteroatoms. The lowest BCUT2D eigenvalue weighted by molar-refractivity contribution is -0.150. The van der Waals surface area contributed by atoms with Gasteiger partial charge < -0.3 is 14.8 Å². The van der Waals surface area contributed by atoms with Gasteiger partial charge in [-0.1, -0.05) is 6.07 Å². The van der Waals surface area contributed by atoms with E-state index in [0.29, 0.717) is 5.56 Å². The Balaban J connectivity index is 2.90. The van der Waals surface area contributed by atoms with Crippen molar-refractivity contribution in [2.24, 2.45) is 0 Å². The van der Waals surface area contributed by atoms with Crippen molar-refractivity contribution in [3.8, 4) is 5.75 Å². The number of rotatable bonds is 8. The predicted molar refractivity (Wildman–Crippen MR) is 97.1 cm³/mol. The smallest absolute Gasteiger partial charge is 0.331 e. The van der Waals surface area contributed by atoms with Gasteiger partial charge >= 0.3 is 5.97 Å². The molecule has 0 aliphatic rings. The number of hydrogen-bond acceptors (Lipinski definition) is 6. The number of carbonyl (C=O) groups is 2. The minimum absolute atomic E-state index is 0.0531. The van der Waals surface area contributed by atoms with Crippen LogP contribution in [0.1, 0.15) is 26.3 Å². The summed E-state index contributed by atoms with van der Waals surface area (Å²) in [6.45, 7) is 5.06. The predicted octanol–water partition coefficient (Wildman–Crippen LogP) is 1.07. The van der Waals surface area contributed by atoms with Crippen LogP contribution in [-0.4, -0.2) is 46.6 Å². The first-order valence-corrected chi connectivity index (χ1v) is 9.39. The van der Waals surface area contributed by atoms with Gasteiger partial charge in [0, 0.05) is 12.1 Å².